The van der Waals surface area contributed by atoms with Crippen LogP contribution in [0, 0.1) is 0 Å². The van der Waals surface area contributed by atoms with E-state index >= 15 is 0 Å². The van der Waals surface area contributed by atoms with Gasteiger partial charge in [0.05, 0.1) is 32.0 Å². The standard InChI is InChI=1S/C79H129NO13/c1-3-5-7-9-11-13-15-17-19-21-23-25-27-28-29-30-31-32-33-34-35-36-37-38-39-40-41-43-45-47-49-51-53-55-57-59-61-63-71(84)80-67(66-90-78-76(89)74(87)77(70(65-82)92-78)93-79-75(88)73(86)72(85)69(64-81)91-79)68(83)62-60-58-56-54-52-50-48-46-44-42-26-24-22-20-18-16-14-12-10-8-6-4-2/h5,7,11,13,17,19,23,25,28-29,31-32,34-35,37-38,40-41,44-47,52,54,60,62,67-70,72-79,81-83,85-89H,3-4,6,8-10,12,14-16,18,20-22,24,26-27,30,33,36,39,42-43,48-51,53,55-59,61,63-66H2,1-2H3,(H,80,84)/b7-5-,13-11-,19-17-,25-23-,29-28-,32-31-,35-34-,38-37-,41-40-,46-44+,47-45-,54-52+,62-60+. The van der Waals surface area contributed by atoms with Gasteiger partial charge in [0.25, 0.3) is 0 Å². The van der Waals surface area contributed by atoms with E-state index in [9.17, 15) is 45.6 Å². The molecule has 0 bridgehead atoms. The molecule has 0 spiro atoms. The first kappa shape index (κ1) is 84.7. The van der Waals surface area contributed by atoms with Gasteiger partial charge in [0, 0.05) is 6.42 Å². The van der Waals surface area contributed by atoms with Crippen molar-refractivity contribution in [3.05, 3.63) is 158 Å². The Bertz CT molecular complexity index is 2170. The maximum Gasteiger partial charge on any atom is 0.220 e. The molecule has 2 aliphatic rings. The number of amides is 1. The third-order valence-electron chi connectivity index (χ3n) is 16.4. The summed E-state index contributed by atoms with van der Waals surface area (Å²) in [6.45, 7) is 2.65. The Hall–Kier alpha value is -4.39. The summed E-state index contributed by atoms with van der Waals surface area (Å²) in [6, 6.07) is -0.960. The van der Waals surface area contributed by atoms with Gasteiger partial charge in [-0.2, -0.15) is 0 Å². The second-order valence-electron chi connectivity index (χ2n) is 24.6. The van der Waals surface area contributed by atoms with Crippen molar-refractivity contribution < 1.29 is 64.6 Å². The van der Waals surface area contributed by atoms with Crippen LogP contribution in [0.25, 0.3) is 0 Å². The summed E-state index contributed by atoms with van der Waals surface area (Å²) in [5.74, 6) is -0.274. The van der Waals surface area contributed by atoms with Crippen LogP contribution >= 0.6 is 0 Å². The van der Waals surface area contributed by atoms with Crippen LogP contribution in [0.15, 0.2) is 158 Å². The average molecular weight is 1300 g/mol. The summed E-state index contributed by atoms with van der Waals surface area (Å²) in [7, 11) is 0. The lowest BCUT2D eigenvalue weighted by molar-refractivity contribution is -0.359. The molecule has 0 aliphatic carbocycles. The first-order valence-electron chi connectivity index (χ1n) is 36.2. The molecule has 0 aromatic heterocycles. The lowest BCUT2D eigenvalue weighted by Gasteiger charge is -2.46. The van der Waals surface area contributed by atoms with Crippen molar-refractivity contribution >= 4 is 5.91 Å². The molecule has 0 radical (unpaired) electrons. The number of hydrogen-bond acceptors (Lipinski definition) is 13. The van der Waals surface area contributed by atoms with E-state index in [1.807, 2.05) is 6.08 Å². The number of carbonyl (C=O) groups excluding carboxylic acids is 1. The summed E-state index contributed by atoms with van der Waals surface area (Å²) in [4.78, 5) is 13.3. The molecule has 93 heavy (non-hydrogen) atoms. The molecule has 14 nitrogen and oxygen atoms in total. The van der Waals surface area contributed by atoms with E-state index in [0.717, 1.165) is 128 Å². The van der Waals surface area contributed by atoms with E-state index in [1.54, 1.807) is 6.08 Å². The first-order valence-corrected chi connectivity index (χ1v) is 36.2. The maximum absolute atomic E-state index is 13.3. The molecule has 2 saturated heterocycles. The minimum Gasteiger partial charge on any atom is -0.394 e. The number of aliphatic hydroxyl groups is 8. The molecule has 14 heteroatoms. The van der Waals surface area contributed by atoms with E-state index in [4.69, 9.17) is 18.9 Å². The average Bonchev–Trinajstić information content (AvgIpc) is 0.852. The summed E-state index contributed by atoms with van der Waals surface area (Å²) >= 11 is 0. The Balaban J connectivity index is 1.70. The van der Waals surface area contributed by atoms with Gasteiger partial charge in [0.1, 0.15) is 48.8 Å². The Labute approximate surface area is 563 Å². The largest absolute Gasteiger partial charge is 0.394 e. The smallest absolute Gasteiger partial charge is 0.220 e. The van der Waals surface area contributed by atoms with Gasteiger partial charge < -0.3 is 65.1 Å². The van der Waals surface area contributed by atoms with Crippen LogP contribution in [0.3, 0.4) is 0 Å². The fourth-order valence-electron chi connectivity index (χ4n) is 10.7. The fourth-order valence-corrected chi connectivity index (χ4v) is 10.7. The number of unbranched alkanes of at least 4 members (excludes halogenated alkanes) is 20. The Morgan fingerprint density at radius 2 is 0.753 bits per heavy atom. The Morgan fingerprint density at radius 1 is 0.398 bits per heavy atom. The van der Waals surface area contributed by atoms with Gasteiger partial charge in [-0.05, 0) is 122 Å². The van der Waals surface area contributed by atoms with Crippen molar-refractivity contribution in [1.29, 1.82) is 0 Å². The molecule has 2 heterocycles. The molecule has 2 rings (SSSR count). The van der Waals surface area contributed by atoms with Crippen molar-refractivity contribution in [3.63, 3.8) is 0 Å². The molecule has 0 aromatic carbocycles. The van der Waals surface area contributed by atoms with Gasteiger partial charge in [0.2, 0.25) is 5.91 Å². The number of ether oxygens (including phenoxy) is 4. The zero-order valence-electron chi connectivity index (χ0n) is 57.4. The summed E-state index contributed by atoms with van der Waals surface area (Å²) in [5, 5.41) is 87.4. The number of hydrogen-bond donors (Lipinski definition) is 9. The van der Waals surface area contributed by atoms with Gasteiger partial charge in [-0.25, -0.2) is 0 Å². The fraction of sp³-hybridized carbons (Fsp3) is 0.658. The first-order chi connectivity index (χ1) is 45.6. The molecule has 2 aliphatic heterocycles. The monoisotopic (exact) mass is 1300 g/mol. The number of allylic oxidation sites excluding steroid dienone is 25. The van der Waals surface area contributed by atoms with Gasteiger partial charge in [-0.15, -0.1) is 0 Å². The minimum atomic E-state index is -1.80. The van der Waals surface area contributed by atoms with Gasteiger partial charge in [-0.3, -0.25) is 4.79 Å². The zero-order chi connectivity index (χ0) is 67.3. The van der Waals surface area contributed by atoms with Crippen molar-refractivity contribution in [2.75, 3.05) is 19.8 Å². The van der Waals surface area contributed by atoms with E-state index in [-0.39, 0.29) is 18.9 Å². The predicted molar refractivity (Wildman–Crippen MR) is 382 cm³/mol. The Kier molecular flexibility index (Phi) is 55.8. The highest BCUT2D eigenvalue weighted by Crippen LogP contribution is 2.30. The lowest BCUT2D eigenvalue weighted by Crippen LogP contribution is -2.65. The van der Waals surface area contributed by atoms with E-state index < -0.39 is 86.8 Å². The zero-order valence-corrected chi connectivity index (χ0v) is 57.4. The highest BCUT2D eigenvalue weighted by atomic mass is 16.7. The molecule has 528 valence electrons. The Morgan fingerprint density at radius 3 is 1.18 bits per heavy atom. The summed E-state index contributed by atoms with van der Waals surface area (Å²) in [6.07, 6.45) is 77.2. The number of aliphatic hydroxyl groups excluding tert-OH is 8. The van der Waals surface area contributed by atoms with Crippen molar-refractivity contribution in [3.8, 4) is 0 Å². The van der Waals surface area contributed by atoms with Crippen LogP contribution in [0.4, 0.5) is 0 Å². The molecule has 0 aromatic rings. The predicted octanol–water partition coefficient (Wildman–Crippen LogP) is 15.4. The second-order valence-corrected chi connectivity index (χ2v) is 24.6. The van der Waals surface area contributed by atoms with Gasteiger partial charge in [0.15, 0.2) is 12.6 Å². The molecule has 1 amide bonds. The third kappa shape index (κ3) is 44.9. The van der Waals surface area contributed by atoms with Crippen LogP contribution in [-0.4, -0.2) is 140 Å². The van der Waals surface area contributed by atoms with Gasteiger partial charge in [-0.1, -0.05) is 268 Å². The molecule has 0 saturated carbocycles. The molecular weight excluding hydrogens is 1170 g/mol. The van der Waals surface area contributed by atoms with E-state index in [2.05, 4.69) is 165 Å². The van der Waals surface area contributed by atoms with Crippen molar-refractivity contribution in [1.82, 2.24) is 5.32 Å². The van der Waals surface area contributed by atoms with Crippen LogP contribution in [-0.2, 0) is 23.7 Å². The molecule has 12 atom stereocenters. The maximum atomic E-state index is 13.3. The number of nitrogens with one attached hydrogen (secondary N) is 1. The van der Waals surface area contributed by atoms with E-state index in [1.165, 1.54) is 77.0 Å². The minimum absolute atomic E-state index is 0.242. The molecular formula is C79H129NO13. The lowest BCUT2D eigenvalue weighted by atomic mass is 9.97. The number of rotatable bonds is 57. The highest BCUT2D eigenvalue weighted by Gasteiger charge is 2.51. The van der Waals surface area contributed by atoms with Crippen molar-refractivity contribution in [2.24, 2.45) is 0 Å². The molecule has 12 unspecified atom stereocenters. The van der Waals surface area contributed by atoms with Gasteiger partial charge >= 0.3 is 0 Å². The quantitative estimate of drug-likeness (QED) is 0.0204. The van der Waals surface area contributed by atoms with Crippen LogP contribution in [0.2, 0.25) is 0 Å². The number of carbonyl (C=O) groups is 1. The van der Waals surface area contributed by atoms with Crippen LogP contribution in [0.5, 0.6) is 0 Å². The molecule has 9 N–H and O–H groups in total. The van der Waals surface area contributed by atoms with E-state index in [0.29, 0.717) is 12.8 Å². The molecule has 2 fully saturated rings. The summed E-state index contributed by atoms with van der Waals surface area (Å²) in [5.41, 5.74) is 0. The van der Waals surface area contributed by atoms with Crippen molar-refractivity contribution in [2.45, 2.75) is 312 Å². The normalized spacial score (nSPS) is 23.5. The van der Waals surface area contributed by atoms with Crippen LogP contribution < -0.4 is 5.32 Å². The topological polar surface area (TPSA) is 228 Å². The SMILES string of the molecule is CC/C=C\C/C=C\C/C=C\C/C=C\C/C=C\C/C=C\C/C=C\C/C=C\C/C=C\C/C=C\CCCCCCCCC(=O)NC(COC1OC(CO)C(OC2OC(CO)C(O)C(O)C2O)C(O)C1O)C(O)/C=C/CC/C=C/CC/C=C/CCCCCCCCCCCCCC. The third-order valence-corrected chi connectivity index (χ3v) is 16.4. The summed E-state index contributed by atoms with van der Waals surface area (Å²) < 4.78 is 22.8. The highest BCUT2D eigenvalue weighted by molar-refractivity contribution is 5.76. The van der Waals surface area contributed by atoms with Crippen LogP contribution in [0.1, 0.15) is 239 Å². The second kappa shape index (κ2) is 61.2.